The maximum Gasteiger partial charge on any atom is 0.177 e. The number of hydrogen-bond acceptors (Lipinski definition) is 9. The number of aromatic nitrogens is 4. The summed E-state index contributed by atoms with van der Waals surface area (Å²) in [4.78, 5) is 10.8. The monoisotopic (exact) mass is 543 g/mol. The van der Waals surface area contributed by atoms with Gasteiger partial charge in [-0.15, -0.1) is 0 Å². The SMILES string of the molecule is COc1cc2[nH]nc(-c3ccc(N4CC(C)(NCCO)C4)nc3)c2cc1O[C@H](N)c1c(Cl)cncc1Cl. The second-order valence-electron chi connectivity index (χ2n) is 9.15. The number of nitrogens with one attached hydrogen (secondary N) is 2. The number of hydrogen-bond donors (Lipinski definition) is 4. The first kappa shape index (κ1) is 25.5. The number of rotatable bonds is 9. The number of halogens is 2. The lowest BCUT2D eigenvalue weighted by Gasteiger charge is -2.49. The zero-order valence-corrected chi connectivity index (χ0v) is 21.8. The standard InChI is InChI=1S/C25H27Cl2N7O3/c1-25(31-5-6-35)12-34(13-25)21-4-3-14(9-30-21)23-15-7-20(19(36-2)8-18(15)32-33-23)37-24(28)22-16(26)10-29-11-17(22)27/h3-4,7-11,24,31,35H,5-6,12-13,28H2,1-2H3,(H,32,33)/t24-/m0/s1. The van der Waals surface area contributed by atoms with Crippen LogP contribution in [-0.2, 0) is 0 Å². The maximum atomic E-state index is 9.06. The fraction of sp³-hybridized carbons (Fsp3) is 0.320. The third kappa shape index (κ3) is 5.03. The Kier molecular flexibility index (Phi) is 7.11. The highest BCUT2D eigenvalue weighted by molar-refractivity contribution is 6.35. The predicted octanol–water partition coefficient (Wildman–Crippen LogP) is 3.53. The summed E-state index contributed by atoms with van der Waals surface area (Å²) >= 11 is 12.5. The summed E-state index contributed by atoms with van der Waals surface area (Å²) in [6.07, 6.45) is 3.78. The van der Waals surface area contributed by atoms with Gasteiger partial charge in [0.2, 0.25) is 0 Å². The highest BCUT2D eigenvalue weighted by Gasteiger charge is 2.38. The van der Waals surface area contributed by atoms with Gasteiger partial charge in [-0.3, -0.25) is 15.8 Å². The van der Waals surface area contributed by atoms with E-state index >= 15 is 0 Å². The molecule has 0 spiro atoms. The van der Waals surface area contributed by atoms with Crippen molar-refractivity contribution in [2.75, 3.05) is 38.3 Å². The van der Waals surface area contributed by atoms with E-state index < -0.39 is 6.23 Å². The summed E-state index contributed by atoms with van der Waals surface area (Å²) in [6, 6.07) is 7.58. The number of nitrogens with two attached hydrogens (primary N) is 1. The smallest absolute Gasteiger partial charge is 0.177 e. The molecule has 0 aliphatic carbocycles. The molecule has 12 heteroatoms. The molecule has 0 amide bonds. The average Bonchev–Trinajstić information content (AvgIpc) is 3.28. The number of pyridine rings is 2. The molecule has 0 bridgehead atoms. The lowest BCUT2D eigenvalue weighted by atomic mass is 9.92. The van der Waals surface area contributed by atoms with Gasteiger partial charge in [0.15, 0.2) is 17.7 Å². The fourth-order valence-corrected chi connectivity index (χ4v) is 5.11. The van der Waals surface area contributed by atoms with Gasteiger partial charge in [-0.2, -0.15) is 5.10 Å². The Bertz CT molecular complexity index is 1390. The number of methoxy groups -OCH3 is 1. The normalized spacial score (nSPS) is 15.5. The Balaban J connectivity index is 1.39. The molecule has 4 aromatic rings. The van der Waals surface area contributed by atoms with Crippen LogP contribution in [0.5, 0.6) is 11.5 Å². The number of aliphatic hydroxyl groups excluding tert-OH is 1. The first-order chi connectivity index (χ1) is 17.8. The zero-order valence-electron chi connectivity index (χ0n) is 20.3. The van der Waals surface area contributed by atoms with Crippen LogP contribution in [0.3, 0.4) is 0 Å². The summed E-state index contributed by atoms with van der Waals surface area (Å²) in [7, 11) is 1.55. The van der Waals surface area contributed by atoms with Crippen molar-refractivity contribution >= 4 is 39.9 Å². The van der Waals surface area contributed by atoms with Gasteiger partial charge in [-0.05, 0) is 25.1 Å². The minimum atomic E-state index is -0.945. The number of fused-ring (bicyclic) bond motifs is 1. The third-order valence-corrected chi connectivity index (χ3v) is 6.97. The number of aliphatic hydroxyl groups is 1. The van der Waals surface area contributed by atoms with Crippen LogP contribution in [0.1, 0.15) is 18.7 Å². The quantitative estimate of drug-likeness (QED) is 0.234. The van der Waals surface area contributed by atoms with E-state index in [1.165, 1.54) is 12.4 Å². The van der Waals surface area contributed by atoms with Crippen molar-refractivity contribution in [1.82, 2.24) is 25.5 Å². The number of anilines is 1. The highest BCUT2D eigenvalue weighted by atomic mass is 35.5. The number of benzene rings is 1. The van der Waals surface area contributed by atoms with E-state index in [9.17, 15) is 0 Å². The van der Waals surface area contributed by atoms with E-state index in [-0.39, 0.29) is 12.1 Å². The first-order valence-corrected chi connectivity index (χ1v) is 12.4. The topological polar surface area (TPSA) is 134 Å². The largest absolute Gasteiger partial charge is 0.493 e. The van der Waals surface area contributed by atoms with Crippen LogP contribution in [0.25, 0.3) is 22.2 Å². The van der Waals surface area contributed by atoms with Gasteiger partial charge in [0.1, 0.15) is 11.5 Å². The number of nitrogens with zero attached hydrogens (tertiary/aromatic N) is 4. The number of aromatic amines is 1. The average molecular weight is 544 g/mol. The van der Waals surface area contributed by atoms with E-state index in [2.05, 4.69) is 37.3 Å². The summed E-state index contributed by atoms with van der Waals surface area (Å²) in [5.41, 5.74) is 9.04. The lowest BCUT2D eigenvalue weighted by molar-refractivity contribution is 0.204. The molecule has 5 rings (SSSR count). The Labute approximate surface area is 223 Å². The summed E-state index contributed by atoms with van der Waals surface area (Å²) < 4.78 is 11.6. The van der Waals surface area contributed by atoms with Gasteiger partial charge >= 0.3 is 0 Å². The Morgan fingerprint density at radius 2 is 1.95 bits per heavy atom. The molecule has 1 aliphatic heterocycles. The summed E-state index contributed by atoms with van der Waals surface area (Å²) in [5, 5.41) is 21.4. The molecule has 1 atom stereocenters. The predicted molar refractivity (Wildman–Crippen MR) is 143 cm³/mol. The minimum Gasteiger partial charge on any atom is -0.493 e. The van der Waals surface area contributed by atoms with Crippen molar-refractivity contribution in [1.29, 1.82) is 0 Å². The van der Waals surface area contributed by atoms with Gasteiger partial charge in [0.05, 0.1) is 34.8 Å². The third-order valence-electron chi connectivity index (χ3n) is 6.36. The molecular weight excluding hydrogens is 517 g/mol. The molecule has 0 radical (unpaired) electrons. The van der Waals surface area contributed by atoms with Crippen molar-refractivity contribution in [3.8, 4) is 22.8 Å². The first-order valence-electron chi connectivity index (χ1n) is 11.7. The molecule has 4 heterocycles. The second-order valence-corrected chi connectivity index (χ2v) is 9.96. The molecule has 10 nitrogen and oxygen atoms in total. The van der Waals surface area contributed by atoms with Crippen molar-refractivity contribution in [3.05, 3.63) is 58.5 Å². The molecule has 3 aromatic heterocycles. The summed E-state index contributed by atoms with van der Waals surface area (Å²) in [5.74, 6) is 1.77. The number of ether oxygens (including phenoxy) is 2. The molecule has 0 saturated carbocycles. The fourth-order valence-electron chi connectivity index (χ4n) is 4.53. The molecule has 1 saturated heterocycles. The van der Waals surface area contributed by atoms with E-state index in [0.29, 0.717) is 39.3 Å². The Morgan fingerprint density at radius 3 is 2.59 bits per heavy atom. The van der Waals surface area contributed by atoms with Crippen molar-refractivity contribution in [3.63, 3.8) is 0 Å². The van der Waals surface area contributed by atoms with Crippen LogP contribution in [0, 0.1) is 0 Å². The van der Waals surface area contributed by atoms with Crippen LogP contribution in [0.15, 0.2) is 42.9 Å². The van der Waals surface area contributed by atoms with E-state index in [1.807, 2.05) is 18.2 Å². The second kappa shape index (κ2) is 10.3. The van der Waals surface area contributed by atoms with Crippen LogP contribution in [-0.4, -0.2) is 64.2 Å². The molecule has 194 valence electrons. The minimum absolute atomic E-state index is 0.0253. The Hall–Kier alpha value is -3.15. The molecule has 1 aliphatic rings. The lowest BCUT2D eigenvalue weighted by Crippen LogP contribution is -2.68. The van der Waals surface area contributed by atoms with Crippen LogP contribution in [0.2, 0.25) is 10.0 Å². The molecule has 5 N–H and O–H groups in total. The van der Waals surface area contributed by atoms with Crippen LogP contribution >= 0.6 is 23.2 Å². The van der Waals surface area contributed by atoms with E-state index in [4.69, 9.17) is 43.5 Å². The zero-order chi connectivity index (χ0) is 26.2. The highest BCUT2D eigenvalue weighted by Crippen LogP contribution is 2.39. The van der Waals surface area contributed by atoms with Crippen LogP contribution < -0.4 is 25.4 Å². The van der Waals surface area contributed by atoms with Gasteiger partial charge in [-0.25, -0.2) is 4.98 Å². The van der Waals surface area contributed by atoms with Gasteiger partial charge in [0.25, 0.3) is 0 Å². The van der Waals surface area contributed by atoms with Gasteiger partial charge in [0, 0.05) is 60.8 Å². The molecule has 37 heavy (non-hydrogen) atoms. The van der Waals surface area contributed by atoms with Gasteiger partial charge in [-0.1, -0.05) is 23.2 Å². The number of β-amino-alcohol motifs (C(OH)–C–C–N with tert-alkyl or cyclic N) is 1. The van der Waals surface area contributed by atoms with E-state index in [1.54, 1.807) is 19.4 Å². The van der Waals surface area contributed by atoms with Crippen molar-refractivity contribution < 1.29 is 14.6 Å². The van der Waals surface area contributed by atoms with Crippen molar-refractivity contribution in [2.24, 2.45) is 5.73 Å². The molecule has 1 aromatic carbocycles. The Morgan fingerprint density at radius 1 is 1.19 bits per heavy atom. The molecule has 1 fully saturated rings. The molecular formula is C25H27Cl2N7O3. The van der Waals surface area contributed by atoms with E-state index in [0.717, 1.165) is 35.4 Å². The van der Waals surface area contributed by atoms with Crippen LogP contribution in [0.4, 0.5) is 5.82 Å². The molecule has 0 unspecified atom stereocenters. The number of H-pyrrole nitrogens is 1. The van der Waals surface area contributed by atoms with Crippen molar-refractivity contribution in [2.45, 2.75) is 18.7 Å². The maximum absolute atomic E-state index is 9.06. The van der Waals surface area contributed by atoms with Gasteiger partial charge < -0.3 is 24.8 Å². The summed E-state index contributed by atoms with van der Waals surface area (Å²) in [6.45, 7) is 4.47.